The highest BCUT2D eigenvalue weighted by Crippen LogP contribution is 2.31. The van der Waals surface area contributed by atoms with Crippen LogP contribution < -0.4 is 10.6 Å². The summed E-state index contributed by atoms with van der Waals surface area (Å²) < 4.78 is 16.6. The molecule has 0 aliphatic carbocycles. The summed E-state index contributed by atoms with van der Waals surface area (Å²) in [6, 6.07) is 4.48. The normalized spacial score (nSPS) is 11.9. The monoisotopic (exact) mass is 487 g/mol. The first-order valence-electron chi connectivity index (χ1n) is 10.8. The van der Waals surface area contributed by atoms with Crippen molar-refractivity contribution in [2.75, 3.05) is 25.2 Å². The number of benzene rings is 1. The minimum absolute atomic E-state index is 0.00309. The van der Waals surface area contributed by atoms with Gasteiger partial charge in [-0.25, -0.2) is 9.37 Å². The summed E-state index contributed by atoms with van der Waals surface area (Å²) in [7, 11) is 1.51. The molecule has 3 rings (SSSR count). The second-order valence-electron chi connectivity index (χ2n) is 8.18. The zero-order valence-corrected chi connectivity index (χ0v) is 20.5. The van der Waals surface area contributed by atoms with E-state index in [4.69, 9.17) is 11.6 Å². The van der Waals surface area contributed by atoms with E-state index in [0.29, 0.717) is 24.0 Å². The van der Waals surface area contributed by atoms with Crippen molar-refractivity contribution in [3.63, 3.8) is 0 Å². The Bertz CT molecular complexity index is 1320. The number of amidine groups is 1. The summed E-state index contributed by atoms with van der Waals surface area (Å²) in [5.74, 6) is -0.611. The van der Waals surface area contributed by atoms with Gasteiger partial charge in [0, 0.05) is 26.0 Å². The molecule has 0 spiro atoms. The molecule has 1 N–H and O–H groups in total. The molecule has 34 heavy (non-hydrogen) atoms. The molecule has 0 saturated heterocycles. The Morgan fingerprint density at radius 2 is 2.03 bits per heavy atom. The second kappa shape index (κ2) is 10.3. The van der Waals surface area contributed by atoms with Crippen LogP contribution >= 0.6 is 11.6 Å². The van der Waals surface area contributed by atoms with E-state index < -0.39 is 18.0 Å². The molecular weight excluding hydrogens is 461 g/mol. The van der Waals surface area contributed by atoms with E-state index in [0.717, 1.165) is 11.1 Å². The minimum atomic E-state index is -0.678. The van der Waals surface area contributed by atoms with Crippen LogP contribution in [0, 0.1) is 12.7 Å². The highest BCUT2D eigenvalue weighted by Gasteiger charge is 2.19. The number of halogens is 2. The van der Waals surface area contributed by atoms with E-state index in [-0.39, 0.29) is 28.0 Å². The van der Waals surface area contributed by atoms with Crippen LogP contribution in [0.25, 0.3) is 16.5 Å². The molecule has 0 atom stereocenters. The van der Waals surface area contributed by atoms with Crippen LogP contribution in [-0.2, 0) is 4.79 Å². The maximum absolute atomic E-state index is 15.2. The number of nitrogens with zero attached hydrogens (tertiary/aromatic N) is 5. The number of carbonyl (C=O) groups is 1. The highest BCUT2D eigenvalue weighted by molar-refractivity contribution is 6.31. The third-order valence-electron chi connectivity index (χ3n) is 5.51. The number of likely N-dealkylation sites (N-methyl/N-ethyl adjacent to an activating group) is 1. The molecule has 0 unspecified atom stereocenters. The first-order chi connectivity index (χ1) is 16.1. The molecule has 10 heteroatoms. The van der Waals surface area contributed by atoms with Crippen molar-refractivity contribution in [2.45, 2.75) is 33.6 Å². The lowest BCUT2D eigenvalue weighted by Gasteiger charge is -2.22. The van der Waals surface area contributed by atoms with Gasteiger partial charge in [-0.3, -0.25) is 24.1 Å². The third-order valence-corrected chi connectivity index (χ3v) is 5.80. The number of hydrogen-bond acceptors (Lipinski definition) is 6. The molecule has 1 aromatic carbocycles. The zero-order chi connectivity index (χ0) is 25.2. The van der Waals surface area contributed by atoms with Crippen LogP contribution in [0.2, 0.25) is 5.15 Å². The van der Waals surface area contributed by atoms with Gasteiger partial charge in [-0.15, -0.1) is 0 Å². The van der Waals surface area contributed by atoms with Crippen molar-refractivity contribution >= 4 is 40.3 Å². The van der Waals surface area contributed by atoms with Crippen molar-refractivity contribution in [1.82, 2.24) is 14.5 Å². The molecule has 0 aliphatic rings. The van der Waals surface area contributed by atoms with Crippen molar-refractivity contribution < 1.29 is 14.3 Å². The van der Waals surface area contributed by atoms with Crippen LogP contribution in [0.4, 0.5) is 10.1 Å². The van der Waals surface area contributed by atoms with Gasteiger partial charge in [0.25, 0.3) is 5.56 Å². The van der Waals surface area contributed by atoms with Gasteiger partial charge in [-0.2, -0.15) is 5.10 Å². The summed E-state index contributed by atoms with van der Waals surface area (Å²) in [5.41, 5.74) is 1.71. The maximum Gasteiger partial charge on any atom is 0.263 e. The molecule has 2 heterocycles. The Morgan fingerprint density at radius 3 is 2.62 bits per heavy atom. The second-order valence-corrected chi connectivity index (χ2v) is 8.53. The van der Waals surface area contributed by atoms with Gasteiger partial charge in [0.1, 0.15) is 12.4 Å². The van der Waals surface area contributed by atoms with Crippen molar-refractivity contribution in [2.24, 2.45) is 5.10 Å². The summed E-state index contributed by atoms with van der Waals surface area (Å²) >= 11 is 6.28. The topological polar surface area (TPSA) is 91.0 Å². The standard InChI is InChI=1S/C24H27ClFN5O3/c1-6-30(13-33)22(12-32)28-29(5)20-9-16-17(8-19(20)26)24(34)31(11-18(16)14(2)3)21-7-15(4)10-27-23(21)25/h7-11,13-14,32H,6,12H2,1-5H3/b28-22-. The summed E-state index contributed by atoms with van der Waals surface area (Å²) in [5, 5.41) is 16.0. The number of hydrazone groups is 1. The number of aryl methyl sites for hydroxylation is 1. The number of rotatable bonds is 7. The molecule has 1 amide bonds. The van der Waals surface area contributed by atoms with Crippen LogP contribution in [0.15, 0.2) is 40.5 Å². The van der Waals surface area contributed by atoms with Gasteiger partial charge in [-0.05, 0) is 54.5 Å². The molecule has 8 nitrogen and oxygen atoms in total. The van der Waals surface area contributed by atoms with Crippen LogP contribution in [0.5, 0.6) is 0 Å². The molecule has 0 radical (unpaired) electrons. The van der Waals surface area contributed by atoms with E-state index in [1.807, 2.05) is 20.8 Å². The molecular formula is C24H27ClFN5O3. The Morgan fingerprint density at radius 1 is 1.32 bits per heavy atom. The molecule has 3 aromatic rings. The van der Waals surface area contributed by atoms with E-state index in [1.54, 1.807) is 31.5 Å². The smallest absolute Gasteiger partial charge is 0.263 e. The number of fused-ring (bicyclic) bond motifs is 1. The fourth-order valence-electron chi connectivity index (χ4n) is 3.69. The zero-order valence-electron chi connectivity index (χ0n) is 19.7. The molecule has 0 bridgehead atoms. The maximum atomic E-state index is 15.2. The lowest BCUT2D eigenvalue weighted by atomic mass is 9.97. The number of carbonyl (C=O) groups excluding carboxylic acids is 1. The van der Waals surface area contributed by atoms with Gasteiger partial charge in [0.05, 0.1) is 16.8 Å². The van der Waals surface area contributed by atoms with E-state index in [9.17, 15) is 14.7 Å². The summed E-state index contributed by atoms with van der Waals surface area (Å²) in [4.78, 5) is 30.0. The fraction of sp³-hybridized carbons (Fsp3) is 0.333. The van der Waals surface area contributed by atoms with Crippen LogP contribution in [0.3, 0.4) is 0 Å². The molecule has 180 valence electrons. The van der Waals surface area contributed by atoms with E-state index in [1.165, 1.54) is 27.6 Å². The predicted molar refractivity (Wildman–Crippen MR) is 133 cm³/mol. The molecule has 0 fully saturated rings. The van der Waals surface area contributed by atoms with Crippen molar-refractivity contribution in [3.05, 3.63) is 63.0 Å². The third kappa shape index (κ3) is 4.80. The molecule has 2 aromatic heterocycles. The number of amides is 1. The summed E-state index contributed by atoms with van der Waals surface area (Å²) in [6.07, 6.45) is 3.85. The van der Waals surface area contributed by atoms with Gasteiger partial charge in [0.2, 0.25) is 6.41 Å². The van der Waals surface area contributed by atoms with Crippen LogP contribution in [0.1, 0.15) is 37.8 Å². The Hall–Kier alpha value is -3.30. The minimum Gasteiger partial charge on any atom is -0.388 e. The SMILES string of the molecule is CCN(C=O)/C(CO)=N\N(C)c1cc2c(C(C)C)cn(-c3cc(C)cnc3Cl)c(=O)c2cc1F. The Kier molecular flexibility index (Phi) is 7.68. The van der Waals surface area contributed by atoms with Gasteiger partial charge >= 0.3 is 0 Å². The van der Waals surface area contributed by atoms with E-state index >= 15 is 4.39 Å². The quantitative estimate of drug-likeness (QED) is 0.180. The Balaban J connectivity index is 2.26. The number of aliphatic hydroxyl groups is 1. The van der Waals surface area contributed by atoms with Crippen LogP contribution in [-0.4, -0.2) is 52.0 Å². The number of anilines is 1. The average molecular weight is 488 g/mol. The number of aromatic nitrogens is 2. The largest absolute Gasteiger partial charge is 0.388 e. The first-order valence-corrected chi connectivity index (χ1v) is 11.2. The van der Waals surface area contributed by atoms with E-state index in [2.05, 4.69) is 10.1 Å². The molecule has 0 saturated carbocycles. The van der Waals surface area contributed by atoms with Gasteiger partial charge in [0.15, 0.2) is 11.0 Å². The fourth-order valence-corrected chi connectivity index (χ4v) is 3.89. The lowest BCUT2D eigenvalue weighted by molar-refractivity contribution is -0.114. The average Bonchev–Trinajstić information content (AvgIpc) is 2.80. The van der Waals surface area contributed by atoms with Gasteiger partial charge in [-0.1, -0.05) is 25.4 Å². The Labute approximate surface area is 201 Å². The van der Waals surface area contributed by atoms with Crippen molar-refractivity contribution in [1.29, 1.82) is 0 Å². The van der Waals surface area contributed by atoms with Gasteiger partial charge < -0.3 is 5.11 Å². The van der Waals surface area contributed by atoms with Crippen molar-refractivity contribution in [3.8, 4) is 5.69 Å². The predicted octanol–water partition coefficient (Wildman–Crippen LogP) is 3.83. The highest BCUT2D eigenvalue weighted by atomic mass is 35.5. The lowest BCUT2D eigenvalue weighted by Crippen LogP contribution is -2.34. The number of hydrogen-bond donors (Lipinski definition) is 1. The number of pyridine rings is 2. The molecule has 0 aliphatic heterocycles. The first kappa shape index (κ1) is 25.3. The number of aliphatic hydroxyl groups excluding tert-OH is 1. The summed E-state index contributed by atoms with van der Waals surface area (Å²) in [6.45, 7) is 7.31.